The Morgan fingerprint density at radius 1 is 1.50 bits per heavy atom. The summed E-state index contributed by atoms with van der Waals surface area (Å²) >= 11 is 0. The third-order valence-electron chi connectivity index (χ3n) is 1.84. The lowest BCUT2D eigenvalue weighted by Gasteiger charge is -2.09. The number of halogens is 1. The van der Waals surface area contributed by atoms with Crippen molar-refractivity contribution >= 4 is 17.4 Å². The lowest BCUT2D eigenvalue weighted by Crippen LogP contribution is -2.20. The van der Waals surface area contributed by atoms with E-state index in [4.69, 9.17) is 0 Å². The first kappa shape index (κ1) is 8.80. The van der Waals surface area contributed by atoms with Crippen molar-refractivity contribution in [3.05, 3.63) is 24.1 Å². The van der Waals surface area contributed by atoms with Gasteiger partial charge in [0.15, 0.2) is 5.82 Å². The van der Waals surface area contributed by atoms with Crippen LogP contribution in [0.2, 0.25) is 0 Å². The van der Waals surface area contributed by atoms with Crippen LogP contribution in [0.15, 0.2) is 23.4 Å². The summed E-state index contributed by atoms with van der Waals surface area (Å²) in [5.41, 5.74) is 0.737. The smallest absolute Gasteiger partial charge is 0.254 e. The van der Waals surface area contributed by atoms with Crippen LogP contribution in [0.1, 0.15) is 13.3 Å². The second-order valence-corrected chi connectivity index (χ2v) is 3.05. The monoisotopic (exact) mass is 193 g/mol. The van der Waals surface area contributed by atoms with Crippen LogP contribution in [0, 0.1) is 5.82 Å². The van der Waals surface area contributed by atoms with E-state index in [1.54, 1.807) is 6.92 Å². The van der Waals surface area contributed by atoms with Gasteiger partial charge in [-0.3, -0.25) is 4.79 Å². The van der Waals surface area contributed by atoms with Crippen LogP contribution >= 0.6 is 0 Å². The Balaban J connectivity index is 2.32. The minimum Gasteiger partial charge on any atom is -0.272 e. The van der Waals surface area contributed by atoms with Crippen molar-refractivity contribution in [1.29, 1.82) is 0 Å². The molecule has 0 bridgehead atoms. The van der Waals surface area contributed by atoms with Crippen LogP contribution in [0.3, 0.4) is 0 Å². The van der Waals surface area contributed by atoms with Crippen molar-refractivity contribution in [3.8, 4) is 0 Å². The second-order valence-electron chi connectivity index (χ2n) is 3.05. The molecule has 1 aliphatic heterocycles. The molecule has 5 heteroatoms. The predicted molar refractivity (Wildman–Crippen MR) is 49.4 cm³/mol. The van der Waals surface area contributed by atoms with Crippen molar-refractivity contribution in [2.24, 2.45) is 5.10 Å². The van der Waals surface area contributed by atoms with Gasteiger partial charge in [-0.2, -0.15) is 10.1 Å². The van der Waals surface area contributed by atoms with E-state index >= 15 is 0 Å². The van der Waals surface area contributed by atoms with E-state index in [2.05, 4.69) is 10.1 Å². The van der Waals surface area contributed by atoms with Gasteiger partial charge in [-0.05, 0) is 19.1 Å². The number of pyridine rings is 1. The first-order valence-corrected chi connectivity index (χ1v) is 4.15. The molecule has 0 aromatic carbocycles. The number of hydrogen-bond acceptors (Lipinski definition) is 3. The Labute approximate surface area is 80.1 Å². The SMILES string of the molecule is CC1=NN(c2ccc(F)cn2)C(=O)C1. The van der Waals surface area contributed by atoms with Crippen molar-refractivity contribution in [3.63, 3.8) is 0 Å². The molecule has 1 amide bonds. The maximum absolute atomic E-state index is 12.5. The summed E-state index contributed by atoms with van der Waals surface area (Å²) < 4.78 is 12.5. The van der Waals surface area contributed by atoms with E-state index in [-0.39, 0.29) is 5.91 Å². The number of carbonyl (C=O) groups excluding carboxylic acids is 1. The fourth-order valence-electron chi connectivity index (χ4n) is 1.23. The van der Waals surface area contributed by atoms with Crippen LogP contribution in [0.4, 0.5) is 10.2 Å². The van der Waals surface area contributed by atoms with Gasteiger partial charge in [0.2, 0.25) is 0 Å². The number of aromatic nitrogens is 1. The molecule has 2 heterocycles. The fraction of sp³-hybridized carbons (Fsp3) is 0.222. The van der Waals surface area contributed by atoms with Gasteiger partial charge >= 0.3 is 0 Å². The molecule has 14 heavy (non-hydrogen) atoms. The number of carbonyl (C=O) groups is 1. The van der Waals surface area contributed by atoms with Crippen molar-refractivity contribution in [2.75, 3.05) is 5.01 Å². The number of amides is 1. The number of hydrogen-bond donors (Lipinski definition) is 0. The van der Waals surface area contributed by atoms with E-state index in [1.165, 1.54) is 17.1 Å². The van der Waals surface area contributed by atoms with Gasteiger partial charge in [0, 0.05) is 5.71 Å². The number of rotatable bonds is 1. The zero-order chi connectivity index (χ0) is 10.1. The lowest BCUT2D eigenvalue weighted by molar-refractivity contribution is -0.116. The van der Waals surface area contributed by atoms with E-state index in [1.807, 2.05) is 0 Å². The van der Waals surface area contributed by atoms with Crippen molar-refractivity contribution < 1.29 is 9.18 Å². The molecule has 4 nitrogen and oxygen atoms in total. The van der Waals surface area contributed by atoms with Crippen LogP contribution in [0.5, 0.6) is 0 Å². The minimum absolute atomic E-state index is 0.137. The molecule has 1 aliphatic rings. The van der Waals surface area contributed by atoms with Crippen molar-refractivity contribution in [2.45, 2.75) is 13.3 Å². The predicted octanol–water partition coefficient (Wildman–Crippen LogP) is 1.33. The first-order valence-electron chi connectivity index (χ1n) is 4.15. The third-order valence-corrected chi connectivity index (χ3v) is 1.84. The van der Waals surface area contributed by atoms with Gasteiger partial charge < -0.3 is 0 Å². The standard InChI is InChI=1S/C9H8FN3O/c1-6-4-9(14)13(12-6)8-3-2-7(10)5-11-8/h2-3,5H,4H2,1H3. The summed E-state index contributed by atoms with van der Waals surface area (Å²) in [6.45, 7) is 1.77. The van der Waals surface area contributed by atoms with E-state index < -0.39 is 5.82 Å². The molecular formula is C9H8FN3O. The molecule has 0 spiro atoms. The van der Waals surface area contributed by atoms with E-state index in [0.29, 0.717) is 12.2 Å². The maximum atomic E-state index is 12.5. The highest BCUT2D eigenvalue weighted by Crippen LogP contribution is 2.17. The largest absolute Gasteiger partial charge is 0.272 e. The average molecular weight is 193 g/mol. The fourth-order valence-corrected chi connectivity index (χ4v) is 1.23. The van der Waals surface area contributed by atoms with E-state index in [9.17, 15) is 9.18 Å². The van der Waals surface area contributed by atoms with Gasteiger partial charge in [-0.15, -0.1) is 0 Å². The van der Waals surface area contributed by atoms with Crippen LogP contribution in [0.25, 0.3) is 0 Å². The molecule has 0 aliphatic carbocycles. The van der Waals surface area contributed by atoms with Gasteiger partial charge in [0.05, 0.1) is 12.6 Å². The molecule has 2 rings (SSSR count). The van der Waals surface area contributed by atoms with Crippen molar-refractivity contribution in [1.82, 2.24) is 4.98 Å². The molecule has 1 aromatic rings. The molecule has 1 aromatic heterocycles. The quantitative estimate of drug-likeness (QED) is 0.675. The number of nitrogens with zero attached hydrogens (tertiary/aromatic N) is 3. The Kier molecular flexibility index (Phi) is 1.99. The zero-order valence-corrected chi connectivity index (χ0v) is 7.57. The van der Waals surface area contributed by atoms with Crippen LogP contribution in [-0.4, -0.2) is 16.6 Å². The van der Waals surface area contributed by atoms with Gasteiger partial charge in [0.25, 0.3) is 5.91 Å². The highest BCUT2D eigenvalue weighted by atomic mass is 19.1. The summed E-state index contributed by atoms with van der Waals surface area (Å²) in [7, 11) is 0. The molecule has 0 unspecified atom stereocenters. The highest BCUT2D eigenvalue weighted by Gasteiger charge is 2.23. The van der Waals surface area contributed by atoms with E-state index in [0.717, 1.165) is 11.9 Å². The van der Waals surface area contributed by atoms with Gasteiger partial charge in [0.1, 0.15) is 5.82 Å². The Hall–Kier alpha value is -1.78. The van der Waals surface area contributed by atoms with Gasteiger partial charge in [-0.1, -0.05) is 0 Å². The summed E-state index contributed by atoms with van der Waals surface area (Å²) in [6.07, 6.45) is 1.37. The third kappa shape index (κ3) is 1.48. The van der Waals surface area contributed by atoms with Gasteiger partial charge in [-0.25, -0.2) is 9.37 Å². The first-order chi connectivity index (χ1) is 6.66. The Bertz CT molecular complexity index is 399. The molecule has 72 valence electrons. The maximum Gasteiger partial charge on any atom is 0.254 e. The topological polar surface area (TPSA) is 45.6 Å². The lowest BCUT2D eigenvalue weighted by atomic mass is 10.3. The van der Waals surface area contributed by atoms with Crippen LogP contribution in [-0.2, 0) is 4.79 Å². The summed E-state index contributed by atoms with van der Waals surface area (Å²) in [6, 6.07) is 2.67. The Morgan fingerprint density at radius 3 is 2.79 bits per heavy atom. The molecule has 0 fully saturated rings. The molecule has 0 atom stereocenters. The summed E-state index contributed by atoms with van der Waals surface area (Å²) in [4.78, 5) is 15.1. The van der Waals surface area contributed by atoms with Crippen LogP contribution < -0.4 is 5.01 Å². The summed E-state index contributed by atoms with van der Waals surface area (Å²) in [5, 5.41) is 5.17. The highest BCUT2D eigenvalue weighted by molar-refractivity contribution is 6.11. The molecule has 0 N–H and O–H groups in total. The second kappa shape index (κ2) is 3.17. The Morgan fingerprint density at radius 2 is 2.29 bits per heavy atom. The average Bonchev–Trinajstić information content (AvgIpc) is 2.47. The molecule has 0 radical (unpaired) electrons. The number of hydrazone groups is 1. The molecular weight excluding hydrogens is 185 g/mol. The minimum atomic E-state index is -0.430. The summed E-state index contributed by atoms with van der Waals surface area (Å²) in [5.74, 6) is -0.212. The normalized spacial score (nSPS) is 16.0. The zero-order valence-electron chi connectivity index (χ0n) is 7.57. The molecule has 0 saturated carbocycles. The number of anilines is 1. The molecule has 0 saturated heterocycles.